The number of hydrogen-bond donors (Lipinski definition) is 1. The highest BCUT2D eigenvalue weighted by atomic mass is 32.2. The minimum Gasteiger partial charge on any atom is -0.324 e. The Labute approximate surface area is 152 Å². The number of aryl methyl sites for hydroxylation is 1. The van der Waals surface area contributed by atoms with Crippen LogP contribution in [0.4, 0.5) is 5.69 Å². The lowest BCUT2D eigenvalue weighted by Crippen LogP contribution is -2.16. The molecule has 1 aromatic carbocycles. The monoisotopic (exact) mass is 354 g/mol. The van der Waals surface area contributed by atoms with Crippen molar-refractivity contribution in [3.8, 4) is 6.07 Å². The third-order valence-corrected chi connectivity index (χ3v) is 5.65. The number of nitriles is 1. The maximum absolute atomic E-state index is 12.3. The molecule has 3 rings (SSSR count). The largest absolute Gasteiger partial charge is 0.324 e. The SMILES string of the molecule is Cc1nc(SCC(=O)Nc2ccccc2C#N)n(C2CCCC2)c1C. The lowest BCUT2D eigenvalue weighted by Gasteiger charge is -2.17. The van der Waals surface area contributed by atoms with E-state index in [9.17, 15) is 4.79 Å². The fourth-order valence-electron chi connectivity index (χ4n) is 3.30. The minimum absolute atomic E-state index is 0.121. The Kier molecular flexibility index (Phi) is 5.44. The molecule has 6 heteroatoms. The second-order valence-corrected chi connectivity index (χ2v) is 7.31. The molecule has 2 aromatic rings. The topological polar surface area (TPSA) is 70.7 Å². The van der Waals surface area contributed by atoms with E-state index in [1.54, 1.807) is 18.2 Å². The second kappa shape index (κ2) is 7.75. The summed E-state index contributed by atoms with van der Waals surface area (Å²) in [6.07, 6.45) is 4.89. The standard InChI is InChI=1S/C19H22N4OS/c1-13-14(2)23(16-8-4-5-9-16)19(21-13)25-12-18(24)22-17-10-6-3-7-15(17)11-20/h3,6-7,10,16H,4-5,8-9,12H2,1-2H3,(H,22,24). The van der Waals surface area contributed by atoms with Crippen LogP contribution < -0.4 is 5.32 Å². The van der Waals surface area contributed by atoms with Crippen LogP contribution in [-0.4, -0.2) is 21.2 Å². The van der Waals surface area contributed by atoms with E-state index >= 15 is 0 Å². The lowest BCUT2D eigenvalue weighted by atomic mass is 10.2. The molecule has 1 aromatic heterocycles. The van der Waals surface area contributed by atoms with Crippen molar-refractivity contribution in [3.63, 3.8) is 0 Å². The number of imidazole rings is 1. The summed E-state index contributed by atoms with van der Waals surface area (Å²) in [5, 5.41) is 12.9. The predicted molar refractivity (Wildman–Crippen MR) is 99.7 cm³/mol. The average Bonchev–Trinajstić information content (AvgIpc) is 3.22. The van der Waals surface area contributed by atoms with E-state index in [2.05, 4.69) is 27.9 Å². The number of amides is 1. The fraction of sp³-hybridized carbons (Fsp3) is 0.421. The van der Waals surface area contributed by atoms with Crippen LogP contribution in [0.25, 0.3) is 0 Å². The summed E-state index contributed by atoms with van der Waals surface area (Å²) in [7, 11) is 0. The molecular weight excluding hydrogens is 332 g/mol. The van der Waals surface area contributed by atoms with Crippen LogP contribution in [0.3, 0.4) is 0 Å². The van der Waals surface area contributed by atoms with E-state index < -0.39 is 0 Å². The maximum atomic E-state index is 12.3. The van der Waals surface area contributed by atoms with Gasteiger partial charge in [0.15, 0.2) is 5.16 Å². The van der Waals surface area contributed by atoms with Gasteiger partial charge in [0.2, 0.25) is 5.91 Å². The Morgan fingerprint density at radius 1 is 1.36 bits per heavy atom. The molecule has 0 spiro atoms. The highest BCUT2D eigenvalue weighted by molar-refractivity contribution is 7.99. The molecule has 0 radical (unpaired) electrons. The molecule has 5 nitrogen and oxygen atoms in total. The van der Waals surface area contributed by atoms with Gasteiger partial charge in [0, 0.05) is 11.7 Å². The highest BCUT2D eigenvalue weighted by Gasteiger charge is 2.23. The van der Waals surface area contributed by atoms with Gasteiger partial charge in [-0.3, -0.25) is 4.79 Å². The average molecular weight is 354 g/mol. The summed E-state index contributed by atoms with van der Waals surface area (Å²) < 4.78 is 2.31. The first-order valence-corrected chi connectivity index (χ1v) is 9.56. The van der Waals surface area contributed by atoms with E-state index in [0.717, 1.165) is 10.9 Å². The molecular formula is C19H22N4OS. The minimum atomic E-state index is -0.121. The smallest absolute Gasteiger partial charge is 0.234 e. The number of anilines is 1. The number of nitrogens with zero attached hydrogens (tertiary/aromatic N) is 3. The van der Waals surface area contributed by atoms with E-state index in [4.69, 9.17) is 5.26 Å². The Morgan fingerprint density at radius 2 is 2.08 bits per heavy atom. The third-order valence-electron chi connectivity index (χ3n) is 4.70. The lowest BCUT2D eigenvalue weighted by molar-refractivity contribution is -0.113. The van der Waals surface area contributed by atoms with Crippen LogP contribution >= 0.6 is 11.8 Å². The summed E-state index contributed by atoms with van der Waals surface area (Å²) >= 11 is 1.47. The number of rotatable bonds is 5. The van der Waals surface area contributed by atoms with Gasteiger partial charge in [-0.05, 0) is 38.8 Å². The number of aromatic nitrogens is 2. The van der Waals surface area contributed by atoms with Gasteiger partial charge in [-0.2, -0.15) is 5.26 Å². The highest BCUT2D eigenvalue weighted by Crippen LogP contribution is 2.35. The van der Waals surface area contributed by atoms with E-state index in [0.29, 0.717) is 17.3 Å². The maximum Gasteiger partial charge on any atom is 0.234 e. The van der Waals surface area contributed by atoms with Crippen molar-refractivity contribution >= 4 is 23.4 Å². The number of thioether (sulfide) groups is 1. The molecule has 0 bridgehead atoms. The first-order valence-electron chi connectivity index (χ1n) is 8.57. The number of carbonyl (C=O) groups excluding carboxylic acids is 1. The third kappa shape index (κ3) is 3.88. The number of para-hydroxylation sites is 1. The Bertz CT molecular complexity index is 815. The zero-order valence-electron chi connectivity index (χ0n) is 14.6. The van der Waals surface area contributed by atoms with Crippen molar-refractivity contribution in [2.24, 2.45) is 0 Å². The Balaban J connectivity index is 1.68. The van der Waals surface area contributed by atoms with E-state index in [1.807, 2.05) is 13.0 Å². The van der Waals surface area contributed by atoms with Gasteiger partial charge in [-0.25, -0.2) is 4.98 Å². The van der Waals surface area contributed by atoms with Crippen molar-refractivity contribution < 1.29 is 4.79 Å². The molecule has 130 valence electrons. The van der Waals surface area contributed by atoms with Crippen molar-refractivity contribution in [2.75, 3.05) is 11.1 Å². The van der Waals surface area contributed by atoms with Crippen LogP contribution in [-0.2, 0) is 4.79 Å². The molecule has 0 atom stereocenters. The van der Waals surface area contributed by atoms with Crippen LogP contribution in [0.2, 0.25) is 0 Å². The quantitative estimate of drug-likeness (QED) is 0.816. The molecule has 0 unspecified atom stereocenters. The number of carbonyl (C=O) groups is 1. The Morgan fingerprint density at radius 3 is 2.80 bits per heavy atom. The van der Waals surface area contributed by atoms with Crippen molar-refractivity contribution in [1.82, 2.24) is 9.55 Å². The normalized spacial score (nSPS) is 14.4. The molecule has 1 aliphatic carbocycles. The summed E-state index contributed by atoms with van der Waals surface area (Å²) in [5.74, 6) is 0.159. The van der Waals surface area contributed by atoms with Crippen LogP contribution in [0.15, 0.2) is 29.4 Å². The molecule has 1 heterocycles. The number of benzene rings is 1. The molecule has 1 N–H and O–H groups in total. The molecule has 1 fully saturated rings. The van der Waals surface area contributed by atoms with Crippen molar-refractivity contribution in [1.29, 1.82) is 5.26 Å². The molecule has 1 saturated carbocycles. The number of nitrogens with one attached hydrogen (secondary N) is 1. The van der Waals surface area contributed by atoms with Gasteiger partial charge in [-0.1, -0.05) is 36.7 Å². The molecule has 0 saturated heterocycles. The Hall–Kier alpha value is -2.26. The second-order valence-electron chi connectivity index (χ2n) is 6.37. The van der Waals surface area contributed by atoms with Gasteiger partial charge < -0.3 is 9.88 Å². The summed E-state index contributed by atoms with van der Waals surface area (Å²) in [6.45, 7) is 4.13. The molecule has 1 amide bonds. The van der Waals surface area contributed by atoms with Gasteiger partial charge >= 0.3 is 0 Å². The van der Waals surface area contributed by atoms with Gasteiger partial charge in [-0.15, -0.1) is 0 Å². The zero-order valence-corrected chi connectivity index (χ0v) is 15.4. The number of hydrogen-bond acceptors (Lipinski definition) is 4. The molecule has 0 aliphatic heterocycles. The molecule has 25 heavy (non-hydrogen) atoms. The van der Waals surface area contributed by atoms with Crippen molar-refractivity contribution in [2.45, 2.75) is 50.7 Å². The zero-order chi connectivity index (χ0) is 17.8. The van der Waals surface area contributed by atoms with Gasteiger partial charge in [0.05, 0.1) is 22.7 Å². The van der Waals surface area contributed by atoms with Crippen LogP contribution in [0.5, 0.6) is 0 Å². The van der Waals surface area contributed by atoms with Crippen molar-refractivity contribution in [3.05, 3.63) is 41.2 Å². The molecule has 1 aliphatic rings. The van der Waals surface area contributed by atoms with E-state index in [-0.39, 0.29) is 11.7 Å². The first kappa shape index (κ1) is 17.6. The van der Waals surface area contributed by atoms with Crippen LogP contribution in [0.1, 0.15) is 48.7 Å². The van der Waals surface area contributed by atoms with Gasteiger partial charge in [0.1, 0.15) is 6.07 Å². The summed E-state index contributed by atoms with van der Waals surface area (Å²) in [6, 6.07) is 9.63. The fourth-order valence-corrected chi connectivity index (χ4v) is 4.26. The summed E-state index contributed by atoms with van der Waals surface area (Å²) in [4.78, 5) is 17.0. The first-order chi connectivity index (χ1) is 12.1. The predicted octanol–water partition coefficient (Wildman–Crippen LogP) is 4.22. The van der Waals surface area contributed by atoms with Gasteiger partial charge in [0.25, 0.3) is 0 Å². The summed E-state index contributed by atoms with van der Waals surface area (Å²) in [5.41, 5.74) is 3.26. The van der Waals surface area contributed by atoms with E-state index in [1.165, 1.54) is 43.1 Å². The van der Waals surface area contributed by atoms with Crippen LogP contribution in [0, 0.1) is 25.2 Å².